The van der Waals surface area contributed by atoms with Crippen molar-refractivity contribution in [3.8, 4) is 11.5 Å². The predicted molar refractivity (Wildman–Crippen MR) is 102 cm³/mol. The van der Waals surface area contributed by atoms with Crippen LogP contribution >= 0.6 is 15.9 Å². The van der Waals surface area contributed by atoms with Crippen LogP contribution in [0.1, 0.15) is 16.7 Å². The van der Waals surface area contributed by atoms with Gasteiger partial charge in [-0.05, 0) is 46.1 Å². The van der Waals surface area contributed by atoms with Gasteiger partial charge in [0.1, 0.15) is 6.61 Å². The molecule has 0 saturated heterocycles. The van der Waals surface area contributed by atoms with E-state index < -0.39 is 10.0 Å². The molecule has 8 heteroatoms. The van der Waals surface area contributed by atoms with Crippen molar-refractivity contribution < 1.29 is 17.9 Å². The second-order valence-electron chi connectivity index (χ2n) is 5.43. The maximum Gasteiger partial charge on any atom is 0.244 e. The van der Waals surface area contributed by atoms with E-state index in [9.17, 15) is 8.42 Å². The minimum absolute atomic E-state index is 0.401. The van der Waals surface area contributed by atoms with Gasteiger partial charge in [0.25, 0.3) is 0 Å². The third-order valence-electron chi connectivity index (χ3n) is 3.19. The Kier molecular flexibility index (Phi) is 6.44. The first-order valence-corrected chi connectivity index (χ1v) is 10.0. The normalized spacial score (nSPS) is 11.5. The molecule has 0 aliphatic heterocycles. The molecule has 2 rings (SSSR count). The van der Waals surface area contributed by atoms with E-state index in [1.807, 2.05) is 36.0 Å². The number of halogens is 1. The number of rotatable bonds is 7. The van der Waals surface area contributed by atoms with Gasteiger partial charge in [0.15, 0.2) is 11.5 Å². The van der Waals surface area contributed by atoms with Crippen LogP contribution in [0.2, 0.25) is 0 Å². The number of sulfonamides is 1. The summed E-state index contributed by atoms with van der Waals surface area (Å²) in [6, 6.07) is 11.5. The first-order chi connectivity index (χ1) is 11.8. The highest BCUT2D eigenvalue weighted by Crippen LogP contribution is 2.36. The standard InChI is InChI=1S/C17H19BrN2O4S/c1-12-4-6-13(7-5-12)11-24-17-15(18)8-14(9-16(17)23-2)10-19-20-25(3,21)22/h4-10,20H,11H2,1-3H3/b19-10-. The zero-order valence-electron chi connectivity index (χ0n) is 14.1. The van der Waals surface area contributed by atoms with Crippen LogP contribution in [0, 0.1) is 6.92 Å². The number of benzene rings is 2. The van der Waals surface area contributed by atoms with Crippen LogP contribution in [0.25, 0.3) is 0 Å². The summed E-state index contributed by atoms with van der Waals surface area (Å²) in [6.07, 6.45) is 2.42. The Balaban J connectivity index is 2.17. The van der Waals surface area contributed by atoms with Crippen LogP contribution in [-0.2, 0) is 16.6 Å². The van der Waals surface area contributed by atoms with Gasteiger partial charge in [0, 0.05) is 0 Å². The maximum absolute atomic E-state index is 11.0. The summed E-state index contributed by atoms with van der Waals surface area (Å²) in [5, 5.41) is 3.68. The fourth-order valence-corrected chi connectivity index (χ4v) is 2.81. The lowest BCUT2D eigenvalue weighted by Crippen LogP contribution is -2.15. The number of hydrogen-bond acceptors (Lipinski definition) is 5. The molecule has 0 saturated carbocycles. The monoisotopic (exact) mass is 426 g/mol. The molecule has 6 nitrogen and oxygen atoms in total. The van der Waals surface area contributed by atoms with Gasteiger partial charge in [0.2, 0.25) is 10.0 Å². The molecule has 0 fully saturated rings. The number of methoxy groups -OCH3 is 1. The van der Waals surface area contributed by atoms with Gasteiger partial charge in [-0.3, -0.25) is 0 Å². The third-order valence-corrected chi connectivity index (χ3v) is 4.21. The number of ether oxygens (including phenoxy) is 2. The molecule has 2 aromatic rings. The lowest BCUT2D eigenvalue weighted by molar-refractivity contribution is 0.282. The first-order valence-electron chi connectivity index (χ1n) is 7.34. The highest BCUT2D eigenvalue weighted by molar-refractivity contribution is 9.10. The molecule has 0 aromatic heterocycles. The van der Waals surface area contributed by atoms with Crippen molar-refractivity contribution in [3.63, 3.8) is 0 Å². The number of aryl methyl sites for hydroxylation is 1. The Labute approximate surface area is 156 Å². The average molecular weight is 427 g/mol. The van der Waals surface area contributed by atoms with E-state index in [2.05, 4.69) is 21.0 Å². The smallest absolute Gasteiger partial charge is 0.244 e. The summed E-state index contributed by atoms with van der Waals surface area (Å²) >= 11 is 3.45. The fourth-order valence-electron chi connectivity index (χ4n) is 1.99. The maximum atomic E-state index is 11.0. The Morgan fingerprint density at radius 1 is 1.24 bits per heavy atom. The van der Waals surface area contributed by atoms with Gasteiger partial charge in [-0.1, -0.05) is 29.8 Å². The molecule has 2 aromatic carbocycles. The van der Waals surface area contributed by atoms with Crippen molar-refractivity contribution in [1.29, 1.82) is 0 Å². The summed E-state index contributed by atoms with van der Waals surface area (Å²) in [4.78, 5) is 2.05. The van der Waals surface area contributed by atoms with Crippen LogP contribution in [0.4, 0.5) is 0 Å². The Morgan fingerprint density at radius 3 is 2.52 bits per heavy atom. The minimum Gasteiger partial charge on any atom is -0.493 e. The van der Waals surface area contributed by atoms with Crippen molar-refractivity contribution in [2.75, 3.05) is 13.4 Å². The van der Waals surface area contributed by atoms with Crippen LogP contribution < -0.4 is 14.3 Å². The summed E-state index contributed by atoms with van der Waals surface area (Å²) in [6.45, 7) is 2.43. The largest absolute Gasteiger partial charge is 0.493 e. The number of hydrazone groups is 1. The van der Waals surface area contributed by atoms with E-state index in [0.29, 0.717) is 28.1 Å². The van der Waals surface area contributed by atoms with Gasteiger partial charge >= 0.3 is 0 Å². The topological polar surface area (TPSA) is 77.0 Å². The van der Waals surface area contributed by atoms with E-state index in [-0.39, 0.29) is 0 Å². The predicted octanol–water partition coefficient (Wildman–Crippen LogP) is 3.23. The third kappa shape index (κ3) is 6.06. The highest BCUT2D eigenvalue weighted by atomic mass is 79.9. The zero-order valence-corrected chi connectivity index (χ0v) is 16.5. The fraction of sp³-hybridized carbons (Fsp3) is 0.235. The molecule has 0 radical (unpaired) electrons. The Hall–Kier alpha value is -2.06. The van der Waals surface area contributed by atoms with Gasteiger partial charge in [-0.15, -0.1) is 0 Å². The summed E-state index contributed by atoms with van der Waals surface area (Å²) in [5.74, 6) is 1.08. The van der Waals surface area contributed by atoms with E-state index in [4.69, 9.17) is 9.47 Å². The molecule has 0 unspecified atom stereocenters. The Bertz CT molecular complexity index is 865. The molecular formula is C17H19BrN2O4S. The summed E-state index contributed by atoms with van der Waals surface area (Å²) in [5.41, 5.74) is 2.89. The molecule has 134 valence electrons. The lowest BCUT2D eigenvalue weighted by atomic mass is 10.2. The lowest BCUT2D eigenvalue weighted by Gasteiger charge is -2.13. The van der Waals surface area contributed by atoms with E-state index in [0.717, 1.165) is 11.8 Å². The van der Waals surface area contributed by atoms with Crippen molar-refractivity contribution in [2.45, 2.75) is 13.5 Å². The van der Waals surface area contributed by atoms with Gasteiger partial charge in [-0.25, -0.2) is 13.2 Å². The number of nitrogens with one attached hydrogen (secondary N) is 1. The molecule has 0 aliphatic carbocycles. The summed E-state index contributed by atoms with van der Waals surface area (Å²) in [7, 11) is -1.85. The van der Waals surface area contributed by atoms with Gasteiger partial charge in [0.05, 0.1) is 24.1 Å². The molecule has 0 aliphatic rings. The number of nitrogens with zero attached hydrogens (tertiary/aromatic N) is 1. The van der Waals surface area contributed by atoms with Crippen LogP contribution in [0.5, 0.6) is 11.5 Å². The second kappa shape index (κ2) is 8.35. The molecule has 0 spiro atoms. The van der Waals surface area contributed by atoms with E-state index >= 15 is 0 Å². The summed E-state index contributed by atoms with van der Waals surface area (Å²) < 4.78 is 34.0. The molecule has 0 bridgehead atoms. The zero-order chi connectivity index (χ0) is 18.4. The molecule has 25 heavy (non-hydrogen) atoms. The van der Waals surface area contributed by atoms with Gasteiger partial charge in [-0.2, -0.15) is 5.10 Å². The van der Waals surface area contributed by atoms with E-state index in [1.165, 1.54) is 18.9 Å². The van der Waals surface area contributed by atoms with Crippen molar-refractivity contribution >= 4 is 32.2 Å². The first kappa shape index (κ1) is 19.3. The van der Waals surface area contributed by atoms with Gasteiger partial charge < -0.3 is 9.47 Å². The second-order valence-corrected chi connectivity index (χ2v) is 8.01. The minimum atomic E-state index is -3.39. The molecule has 0 heterocycles. The quantitative estimate of drug-likeness (QED) is 0.544. The van der Waals surface area contributed by atoms with Crippen molar-refractivity contribution in [3.05, 3.63) is 57.6 Å². The van der Waals surface area contributed by atoms with Crippen LogP contribution in [-0.4, -0.2) is 28.0 Å². The Morgan fingerprint density at radius 2 is 1.92 bits per heavy atom. The highest BCUT2D eigenvalue weighted by Gasteiger charge is 2.11. The van der Waals surface area contributed by atoms with Crippen molar-refractivity contribution in [1.82, 2.24) is 4.83 Å². The molecule has 0 amide bonds. The SMILES string of the molecule is COc1cc(/C=N\NS(C)(=O)=O)cc(Br)c1OCc1ccc(C)cc1. The van der Waals surface area contributed by atoms with Crippen LogP contribution in [0.15, 0.2) is 46.0 Å². The molecular weight excluding hydrogens is 408 g/mol. The van der Waals surface area contributed by atoms with Crippen molar-refractivity contribution in [2.24, 2.45) is 5.10 Å². The molecule has 1 N–H and O–H groups in total. The average Bonchev–Trinajstić information content (AvgIpc) is 2.53. The van der Waals surface area contributed by atoms with Crippen LogP contribution in [0.3, 0.4) is 0 Å². The number of hydrogen-bond donors (Lipinski definition) is 1. The van der Waals surface area contributed by atoms with E-state index in [1.54, 1.807) is 12.1 Å². The molecule has 0 atom stereocenters.